The van der Waals surface area contributed by atoms with Crippen LogP contribution >= 0.6 is 0 Å². The molecule has 0 bridgehead atoms. The smallest absolute Gasteiger partial charge is 0.0184 e. The van der Waals surface area contributed by atoms with Crippen molar-refractivity contribution >= 4 is 5.57 Å². The van der Waals surface area contributed by atoms with Crippen LogP contribution in [0, 0.1) is 0 Å². The Labute approximate surface area is 110 Å². The first-order chi connectivity index (χ1) is 8.81. The van der Waals surface area contributed by atoms with Gasteiger partial charge in [0, 0.05) is 0 Å². The van der Waals surface area contributed by atoms with Gasteiger partial charge in [0.2, 0.25) is 0 Å². The van der Waals surface area contributed by atoms with Crippen LogP contribution in [-0.4, -0.2) is 0 Å². The summed E-state index contributed by atoms with van der Waals surface area (Å²) in [5.41, 5.74) is 5.25. The Morgan fingerprint density at radius 2 is 1.50 bits per heavy atom. The van der Waals surface area contributed by atoms with Gasteiger partial charge in [0.25, 0.3) is 0 Å². The lowest BCUT2D eigenvalue weighted by Gasteiger charge is -2.05. The highest BCUT2D eigenvalue weighted by Crippen LogP contribution is 2.22. The van der Waals surface area contributed by atoms with Gasteiger partial charge in [-0.15, -0.1) is 0 Å². The number of rotatable bonds is 4. The van der Waals surface area contributed by atoms with E-state index >= 15 is 0 Å². The van der Waals surface area contributed by atoms with E-state index in [9.17, 15) is 0 Å². The second-order valence-electron chi connectivity index (χ2n) is 4.62. The molecule has 0 unspecified atom stereocenters. The molecule has 0 atom stereocenters. The van der Waals surface area contributed by atoms with E-state index in [-0.39, 0.29) is 0 Å². The third-order valence-electron chi connectivity index (χ3n) is 3.19. The molecule has 2 aromatic rings. The Hall–Kier alpha value is -1.82. The van der Waals surface area contributed by atoms with E-state index < -0.39 is 0 Å². The number of benzene rings is 2. The van der Waals surface area contributed by atoms with Crippen molar-refractivity contribution in [2.24, 2.45) is 0 Å². The summed E-state index contributed by atoms with van der Waals surface area (Å²) in [6.45, 7) is 4.40. The molecule has 2 aromatic carbocycles. The molecule has 0 aliphatic carbocycles. The maximum absolute atomic E-state index is 2.32. The Bertz CT molecular complexity index is 503. The molecule has 2 rings (SSSR count). The Kier molecular flexibility index (Phi) is 4.35. The minimum atomic E-state index is 1.16. The Morgan fingerprint density at radius 3 is 2.11 bits per heavy atom. The van der Waals surface area contributed by atoms with Crippen LogP contribution in [0.3, 0.4) is 0 Å². The van der Waals surface area contributed by atoms with Gasteiger partial charge >= 0.3 is 0 Å². The summed E-state index contributed by atoms with van der Waals surface area (Å²) >= 11 is 0. The maximum atomic E-state index is 2.32. The van der Waals surface area contributed by atoms with Crippen LogP contribution in [0.1, 0.15) is 32.3 Å². The molecule has 0 saturated heterocycles. The molecule has 0 aromatic heterocycles. The van der Waals surface area contributed by atoms with Crippen molar-refractivity contribution in [3.8, 4) is 11.1 Å². The van der Waals surface area contributed by atoms with E-state index in [1.54, 1.807) is 0 Å². The van der Waals surface area contributed by atoms with Crippen molar-refractivity contribution < 1.29 is 0 Å². The molecule has 0 heteroatoms. The Morgan fingerprint density at radius 1 is 0.889 bits per heavy atom. The number of hydrogen-bond donors (Lipinski definition) is 0. The van der Waals surface area contributed by atoms with E-state index in [1.165, 1.54) is 28.7 Å². The first kappa shape index (κ1) is 12.6. The molecule has 0 nitrogen and oxygen atoms in total. The lowest BCUT2D eigenvalue weighted by Crippen LogP contribution is -1.82. The van der Waals surface area contributed by atoms with Crippen molar-refractivity contribution in [2.75, 3.05) is 0 Å². The van der Waals surface area contributed by atoms with Crippen LogP contribution in [0.4, 0.5) is 0 Å². The predicted octanol–water partition coefficient (Wildman–Crippen LogP) is 5.56. The minimum Gasteiger partial charge on any atom is -0.0810 e. The van der Waals surface area contributed by atoms with Gasteiger partial charge in [-0.1, -0.05) is 74.0 Å². The molecule has 92 valence electrons. The van der Waals surface area contributed by atoms with Gasteiger partial charge in [0.15, 0.2) is 0 Å². The van der Waals surface area contributed by atoms with Gasteiger partial charge in [-0.25, -0.2) is 0 Å². The highest BCUT2D eigenvalue weighted by Gasteiger charge is 1.98. The summed E-state index contributed by atoms with van der Waals surface area (Å²) in [5.74, 6) is 0. The molecule has 0 aliphatic heterocycles. The molecular formula is C18H20. The quantitative estimate of drug-likeness (QED) is 0.652. The molecule has 0 N–H and O–H groups in total. The van der Waals surface area contributed by atoms with E-state index in [2.05, 4.69) is 74.5 Å². The SMILES string of the molecule is CCC/C=C(\C)c1ccc(-c2ccccc2)cc1. The molecular weight excluding hydrogens is 216 g/mol. The molecule has 0 radical (unpaired) electrons. The van der Waals surface area contributed by atoms with Crippen LogP contribution in [0.2, 0.25) is 0 Å². The third-order valence-corrected chi connectivity index (χ3v) is 3.19. The summed E-state index contributed by atoms with van der Waals surface area (Å²) in [7, 11) is 0. The first-order valence-corrected chi connectivity index (χ1v) is 6.64. The zero-order valence-corrected chi connectivity index (χ0v) is 11.2. The topological polar surface area (TPSA) is 0 Å². The van der Waals surface area contributed by atoms with Crippen LogP contribution in [-0.2, 0) is 0 Å². The van der Waals surface area contributed by atoms with Crippen molar-refractivity contribution in [2.45, 2.75) is 26.7 Å². The van der Waals surface area contributed by atoms with Crippen molar-refractivity contribution in [1.82, 2.24) is 0 Å². The molecule has 0 spiro atoms. The van der Waals surface area contributed by atoms with Crippen molar-refractivity contribution in [3.63, 3.8) is 0 Å². The number of unbranched alkanes of at least 4 members (excludes halogenated alkanes) is 1. The Balaban J connectivity index is 2.20. The van der Waals surface area contributed by atoms with Gasteiger partial charge in [-0.3, -0.25) is 0 Å². The van der Waals surface area contributed by atoms with E-state index in [1.807, 2.05) is 0 Å². The fraction of sp³-hybridized carbons (Fsp3) is 0.222. The summed E-state index contributed by atoms with van der Waals surface area (Å²) < 4.78 is 0. The third kappa shape index (κ3) is 3.10. The van der Waals surface area contributed by atoms with Crippen molar-refractivity contribution in [1.29, 1.82) is 0 Å². The fourth-order valence-electron chi connectivity index (χ4n) is 2.03. The minimum absolute atomic E-state index is 1.16. The lowest BCUT2D eigenvalue weighted by molar-refractivity contribution is 0.959. The normalized spacial score (nSPS) is 11.6. The molecule has 18 heavy (non-hydrogen) atoms. The van der Waals surface area contributed by atoms with E-state index in [0.29, 0.717) is 0 Å². The van der Waals surface area contributed by atoms with Crippen molar-refractivity contribution in [3.05, 3.63) is 66.2 Å². The van der Waals surface area contributed by atoms with E-state index in [0.717, 1.165) is 6.42 Å². The number of hydrogen-bond acceptors (Lipinski definition) is 0. The summed E-state index contributed by atoms with van der Waals surface area (Å²) in [4.78, 5) is 0. The van der Waals surface area contributed by atoms with Crippen LogP contribution in [0.25, 0.3) is 16.7 Å². The van der Waals surface area contributed by atoms with Gasteiger partial charge in [-0.05, 0) is 35.6 Å². The standard InChI is InChI=1S/C18H20/c1-3-4-8-15(2)16-11-13-18(14-12-16)17-9-6-5-7-10-17/h5-14H,3-4H2,1-2H3/b15-8+. The second kappa shape index (κ2) is 6.20. The fourth-order valence-corrected chi connectivity index (χ4v) is 2.03. The number of allylic oxidation sites excluding steroid dienone is 2. The summed E-state index contributed by atoms with van der Waals surface area (Å²) in [6, 6.07) is 19.3. The van der Waals surface area contributed by atoms with Crippen LogP contribution in [0.5, 0.6) is 0 Å². The van der Waals surface area contributed by atoms with Gasteiger partial charge in [0.1, 0.15) is 0 Å². The molecule has 0 heterocycles. The average Bonchev–Trinajstić information content (AvgIpc) is 2.46. The van der Waals surface area contributed by atoms with Gasteiger partial charge in [-0.2, -0.15) is 0 Å². The summed E-state index contributed by atoms with van der Waals surface area (Å²) in [6.07, 6.45) is 4.68. The largest absolute Gasteiger partial charge is 0.0810 e. The molecule has 0 saturated carbocycles. The highest BCUT2D eigenvalue weighted by molar-refractivity contribution is 5.69. The van der Waals surface area contributed by atoms with Gasteiger partial charge in [0.05, 0.1) is 0 Å². The zero-order chi connectivity index (χ0) is 12.8. The van der Waals surface area contributed by atoms with Crippen LogP contribution < -0.4 is 0 Å². The molecule has 0 fully saturated rings. The maximum Gasteiger partial charge on any atom is -0.0184 e. The molecule has 0 aliphatic rings. The summed E-state index contributed by atoms with van der Waals surface area (Å²) in [5, 5.41) is 0. The van der Waals surface area contributed by atoms with Gasteiger partial charge < -0.3 is 0 Å². The second-order valence-corrected chi connectivity index (χ2v) is 4.62. The lowest BCUT2D eigenvalue weighted by atomic mass is 10.0. The van der Waals surface area contributed by atoms with Crippen LogP contribution in [0.15, 0.2) is 60.7 Å². The average molecular weight is 236 g/mol. The highest BCUT2D eigenvalue weighted by atomic mass is 14.0. The monoisotopic (exact) mass is 236 g/mol. The molecule has 0 amide bonds. The first-order valence-electron chi connectivity index (χ1n) is 6.64. The zero-order valence-electron chi connectivity index (χ0n) is 11.2. The van der Waals surface area contributed by atoms with E-state index in [4.69, 9.17) is 0 Å². The predicted molar refractivity (Wildman–Crippen MR) is 80.4 cm³/mol.